The second-order valence-electron chi connectivity index (χ2n) is 9.39. The Balaban J connectivity index is 2.17. The molecule has 3 amide bonds. The van der Waals surface area contributed by atoms with Gasteiger partial charge in [0, 0.05) is 24.1 Å². The third kappa shape index (κ3) is 8.24. The monoisotopic (exact) mass is 445 g/mol. The Kier molecular flexibility index (Phi) is 8.69. The average molecular weight is 446 g/mol. The molecule has 0 bridgehead atoms. The van der Waals surface area contributed by atoms with Gasteiger partial charge in [-0.25, -0.2) is 4.39 Å². The van der Waals surface area contributed by atoms with E-state index in [1.165, 1.54) is 37.3 Å². The highest BCUT2D eigenvalue weighted by molar-refractivity contribution is 5.97. The van der Waals surface area contributed by atoms with E-state index in [0.717, 1.165) is 0 Å². The molecule has 0 saturated carbocycles. The summed E-state index contributed by atoms with van der Waals surface area (Å²) in [6, 6.07) is 3.69. The van der Waals surface area contributed by atoms with Crippen LogP contribution in [0.1, 0.15) is 57.3 Å². The molecule has 3 atom stereocenters. The summed E-state index contributed by atoms with van der Waals surface area (Å²) in [5.74, 6) is -1.85. The third-order valence-electron chi connectivity index (χ3n) is 5.14. The molecular formula is C24H32FN3O4. The van der Waals surface area contributed by atoms with Crippen molar-refractivity contribution in [2.45, 2.75) is 59.0 Å². The number of amides is 3. The average Bonchev–Trinajstić information content (AvgIpc) is 3.09. The van der Waals surface area contributed by atoms with Gasteiger partial charge in [-0.2, -0.15) is 0 Å². The van der Waals surface area contributed by atoms with Crippen molar-refractivity contribution < 1.29 is 23.6 Å². The molecule has 1 aromatic rings. The molecule has 7 nitrogen and oxygen atoms in total. The van der Waals surface area contributed by atoms with Crippen LogP contribution < -0.4 is 16.0 Å². The Bertz CT molecular complexity index is 874. The van der Waals surface area contributed by atoms with Crippen LogP contribution in [-0.4, -0.2) is 42.1 Å². The maximum atomic E-state index is 13.2. The van der Waals surface area contributed by atoms with Gasteiger partial charge in [0.1, 0.15) is 11.9 Å². The van der Waals surface area contributed by atoms with Crippen LogP contribution in [0, 0.1) is 17.2 Å². The van der Waals surface area contributed by atoms with Crippen molar-refractivity contribution in [2.75, 3.05) is 6.54 Å². The molecule has 1 aromatic carbocycles. The lowest BCUT2D eigenvalue weighted by molar-refractivity contribution is -0.125. The molecule has 32 heavy (non-hydrogen) atoms. The molecule has 0 radical (unpaired) electrons. The predicted molar refractivity (Wildman–Crippen MR) is 119 cm³/mol. The van der Waals surface area contributed by atoms with Crippen LogP contribution in [-0.2, 0) is 14.4 Å². The Hall–Kier alpha value is -3.03. The molecule has 3 N–H and O–H groups in total. The normalized spacial score (nSPS) is 18.2. The van der Waals surface area contributed by atoms with Crippen LogP contribution in [0.25, 0.3) is 0 Å². The quantitative estimate of drug-likeness (QED) is 0.508. The zero-order valence-corrected chi connectivity index (χ0v) is 19.0. The van der Waals surface area contributed by atoms with E-state index < -0.39 is 29.7 Å². The number of ketones is 1. The summed E-state index contributed by atoms with van der Waals surface area (Å²) in [6.45, 7) is 7.85. The van der Waals surface area contributed by atoms with Gasteiger partial charge in [-0.05, 0) is 61.9 Å². The van der Waals surface area contributed by atoms with Crippen molar-refractivity contribution in [1.29, 1.82) is 0 Å². The minimum absolute atomic E-state index is 0.0728. The van der Waals surface area contributed by atoms with Crippen molar-refractivity contribution in [3.05, 3.63) is 47.8 Å². The molecule has 8 heteroatoms. The zero-order chi connectivity index (χ0) is 23.9. The van der Waals surface area contributed by atoms with Crippen LogP contribution in [0.2, 0.25) is 0 Å². The van der Waals surface area contributed by atoms with Crippen LogP contribution >= 0.6 is 0 Å². The molecule has 2 rings (SSSR count). The number of rotatable bonds is 9. The number of benzene rings is 1. The molecule has 3 unspecified atom stereocenters. The van der Waals surface area contributed by atoms with Gasteiger partial charge in [0.15, 0.2) is 5.78 Å². The molecule has 1 heterocycles. The van der Waals surface area contributed by atoms with Gasteiger partial charge in [0.05, 0.1) is 0 Å². The van der Waals surface area contributed by atoms with Crippen LogP contribution in [0.15, 0.2) is 36.4 Å². The predicted octanol–water partition coefficient (Wildman–Crippen LogP) is 2.52. The van der Waals surface area contributed by atoms with E-state index in [2.05, 4.69) is 16.0 Å². The molecule has 0 aliphatic carbocycles. The van der Waals surface area contributed by atoms with E-state index in [0.29, 0.717) is 25.8 Å². The van der Waals surface area contributed by atoms with E-state index in [1.807, 2.05) is 20.8 Å². The minimum Gasteiger partial charge on any atom is -0.356 e. The topological polar surface area (TPSA) is 104 Å². The zero-order valence-electron chi connectivity index (χ0n) is 19.0. The summed E-state index contributed by atoms with van der Waals surface area (Å²) in [7, 11) is 0. The highest BCUT2D eigenvalue weighted by Crippen LogP contribution is 2.22. The van der Waals surface area contributed by atoms with E-state index in [-0.39, 0.29) is 28.6 Å². The lowest BCUT2D eigenvalue weighted by atomic mass is 9.87. The van der Waals surface area contributed by atoms with Crippen LogP contribution in [0.3, 0.4) is 0 Å². The number of carbonyl (C=O) groups is 4. The van der Waals surface area contributed by atoms with Crippen molar-refractivity contribution in [1.82, 2.24) is 16.0 Å². The van der Waals surface area contributed by atoms with Gasteiger partial charge in [-0.15, -0.1) is 0 Å². The fourth-order valence-corrected chi connectivity index (χ4v) is 3.56. The van der Waals surface area contributed by atoms with Gasteiger partial charge in [0.2, 0.25) is 11.8 Å². The summed E-state index contributed by atoms with van der Waals surface area (Å²) in [5, 5.41) is 8.38. The smallest absolute Gasteiger partial charge is 0.251 e. The SMILES string of the molecule is CC(=O)C=CC(CC1CCNC1=O)NC(=O)C(CC(C)(C)C)NC(=O)c1ccc(F)cc1. The Morgan fingerprint density at radius 1 is 1.19 bits per heavy atom. The molecule has 174 valence electrons. The van der Waals surface area contributed by atoms with Gasteiger partial charge >= 0.3 is 0 Å². The van der Waals surface area contributed by atoms with Gasteiger partial charge in [0.25, 0.3) is 5.91 Å². The third-order valence-corrected chi connectivity index (χ3v) is 5.14. The van der Waals surface area contributed by atoms with E-state index >= 15 is 0 Å². The van der Waals surface area contributed by atoms with E-state index in [1.54, 1.807) is 6.08 Å². The molecule has 1 fully saturated rings. The first kappa shape index (κ1) is 25.2. The lowest BCUT2D eigenvalue weighted by Gasteiger charge is -2.28. The fourth-order valence-electron chi connectivity index (χ4n) is 3.56. The van der Waals surface area contributed by atoms with Gasteiger partial charge in [-0.1, -0.05) is 26.8 Å². The Morgan fingerprint density at radius 2 is 1.84 bits per heavy atom. The number of halogens is 1. The number of nitrogens with one attached hydrogen (secondary N) is 3. The Morgan fingerprint density at radius 3 is 2.38 bits per heavy atom. The molecule has 1 saturated heterocycles. The lowest BCUT2D eigenvalue weighted by Crippen LogP contribution is -2.51. The van der Waals surface area contributed by atoms with E-state index in [4.69, 9.17) is 0 Å². The summed E-state index contributed by atoms with van der Waals surface area (Å²) in [5.41, 5.74) is -0.0255. The molecule has 1 aliphatic rings. The molecule has 0 aromatic heterocycles. The first-order valence-electron chi connectivity index (χ1n) is 10.8. The number of carbonyl (C=O) groups excluding carboxylic acids is 4. The largest absolute Gasteiger partial charge is 0.356 e. The van der Waals surface area contributed by atoms with Crippen molar-refractivity contribution >= 4 is 23.5 Å². The van der Waals surface area contributed by atoms with Crippen LogP contribution in [0.4, 0.5) is 4.39 Å². The van der Waals surface area contributed by atoms with Crippen molar-refractivity contribution in [3.8, 4) is 0 Å². The second-order valence-corrected chi connectivity index (χ2v) is 9.39. The van der Waals surface area contributed by atoms with Gasteiger partial charge in [-0.3, -0.25) is 19.2 Å². The maximum absolute atomic E-state index is 13.2. The minimum atomic E-state index is -0.849. The highest BCUT2D eigenvalue weighted by atomic mass is 19.1. The fraction of sp³-hybridized carbons (Fsp3) is 0.500. The summed E-state index contributed by atoms with van der Waals surface area (Å²) < 4.78 is 13.2. The standard InChI is InChI=1S/C24H32FN3O4/c1-15(29)5-10-19(13-17-11-12-26-21(17)30)27-23(32)20(14-24(2,3)4)28-22(31)16-6-8-18(25)9-7-16/h5-10,17,19-20H,11-14H2,1-4H3,(H,26,30)(H,27,32)(H,28,31). The molecular weight excluding hydrogens is 413 g/mol. The summed E-state index contributed by atoms with van der Waals surface area (Å²) in [6.07, 6.45) is 4.33. The number of hydrogen-bond donors (Lipinski definition) is 3. The number of hydrogen-bond acceptors (Lipinski definition) is 4. The maximum Gasteiger partial charge on any atom is 0.251 e. The van der Waals surface area contributed by atoms with Crippen LogP contribution in [0.5, 0.6) is 0 Å². The Labute approximate surface area is 188 Å². The van der Waals surface area contributed by atoms with Crippen molar-refractivity contribution in [2.24, 2.45) is 11.3 Å². The summed E-state index contributed by atoms with van der Waals surface area (Å²) in [4.78, 5) is 49.2. The summed E-state index contributed by atoms with van der Waals surface area (Å²) >= 11 is 0. The highest BCUT2D eigenvalue weighted by Gasteiger charge is 2.31. The van der Waals surface area contributed by atoms with E-state index in [9.17, 15) is 23.6 Å². The molecule has 1 aliphatic heterocycles. The van der Waals surface area contributed by atoms with Crippen molar-refractivity contribution in [3.63, 3.8) is 0 Å². The first-order chi connectivity index (χ1) is 14.9. The van der Waals surface area contributed by atoms with Gasteiger partial charge < -0.3 is 16.0 Å². The molecule has 0 spiro atoms. The second kappa shape index (κ2) is 11.0. The number of allylic oxidation sites excluding steroid dienone is 1. The first-order valence-corrected chi connectivity index (χ1v) is 10.8.